The molecule has 2 heterocycles. The molecule has 0 saturated carbocycles. The van der Waals surface area contributed by atoms with Crippen LogP contribution in [0.1, 0.15) is 17.9 Å². The number of rotatable bonds is 1. The molecule has 4 nitrogen and oxygen atoms in total. The Labute approximate surface area is 136 Å². The summed E-state index contributed by atoms with van der Waals surface area (Å²) >= 11 is 4.99. The third-order valence-corrected chi connectivity index (χ3v) is 5.51. The maximum absolute atomic E-state index is 12.4. The number of allylic oxidation sites excluding steroid dienone is 1. The lowest BCUT2D eigenvalue weighted by Gasteiger charge is -2.40. The van der Waals surface area contributed by atoms with E-state index >= 15 is 0 Å². The molecule has 0 N–H and O–H groups in total. The molecule has 0 radical (unpaired) electrons. The number of thioether (sulfide) groups is 1. The van der Waals surface area contributed by atoms with Crippen LogP contribution in [-0.2, 0) is 4.79 Å². The minimum atomic E-state index is -0.127. The van der Waals surface area contributed by atoms with E-state index in [1.54, 1.807) is 16.7 Å². The molecule has 1 atom stereocenters. The van der Waals surface area contributed by atoms with Crippen molar-refractivity contribution in [3.8, 4) is 6.07 Å². The van der Waals surface area contributed by atoms with E-state index in [1.807, 2.05) is 31.3 Å². The van der Waals surface area contributed by atoms with Gasteiger partial charge in [0.1, 0.15) is 0 Å². The Morgan fingerprint density at radius 1 is 1.38 bits per heavy atom. The van der Waals surface area contributed by atoms with Gasteiger partial charge in [0.25, 0.3) is 0 Å². The van der Waals surface area contributed by atoms with E-state index < -0.39 is 0 Å². The Kier molecular flexibility index (Phi) is 4.07. The van der Waals surface area contributed by atoms with Crippen LogP contribution in [0.25, 0.3) is 0 Å². The van der Waals surface area contributed by atoms with Crippen molar-refractivity contribution in [1.29, 1.82) is 5.26 Å². The fourth-order valence-electron chi connectivity index (χ4n) is 2.65. The molecule has 0 bridgehead atoms. The van der Waals surface area contributed by atoms with Crippen LogP contribution in [0.3, 0.4) is 0 Å². The molecule has 108 valence electrons. The fraction of sp³-hybridized carbons (Fsp3) is 0.333. The summed E-state index contributed by atoms with van der Waals surface area (Å²) < 4.78 is 0.995. The molecule has 1 amide bonds. The van der Waals surface area contributed by atoms with Gasteiger partial charge in [0.05, 0.1) is 29.2 Å². The fourth-order valence-corrected chi connectivity index (χ4v) is 4.00. The van der Waals surface area contributed by atoms with E-state index in [-0.39, 0.29) is 11.8 Å². The Balaban J connectivity index is 2.03. The summed E-state index contributed by atoms with van der Waals surface area (Å²) in [6, 6.07) is 10.2. The molecular formula is C15H14BrN3OS. The highest BCUT2D eigenvalue weighted by Crippen LogP contribution is 2.42. The molecular weight excluding hydrogens is 350 g/mol. The Bertz CT molecular complexity index is 650. The molecule has 2 aliphatic heterocycles. The van der Waals surface area contributed by atoms with Crippen LogP contribution in [-0.4, -0.2) is 35.3 Å². The van der Waals surface area contributed by atoms with Crippen LogP contribution in [0.4, 0.5) is 0 Å². The van der Waals surface area contributed by atoms with Crippen molar-refractivity contribution in [2.75, 3.05) is 19.6 Å². The number of nitriles is 1. The molecule has 1 saturated heterocycles. The highest BCUT2D eigenvalue weighted by atomic mass is 79.9. The summed E-state index contributed by atoms with van der Waals surface area (Å²) in [6.45, 7) is 0.569. The van der Waals surface area contributed by atoms with Gasteiger partial charge in [0, 0.05) is 16.8 Å². The second kappa shape index (κ2) is 5.84. The van der Waals surface area contributed by atoms with Gasteiger partial charge in [-0.1, -0.05) is 39.8 Å². The van der Waals surface area contributed by atoms with Gasteiger partial charge in [0.2, 0.25) is 5.91 Å². The Morgan fingerprint density at radius 2 is 2.10 bits per heavy atom. The van der Waals surface area contributed by atoms with E-state index in [0.29, 0.717) is 13.1 Å². The summed E-state index contributed by atoms with van der Waals surface area (Å²) in [6.07, 6.45) is 0.364. The molecule has 21 heavy (non-hydrogen) atoms. The zero-order valence-electron chi connectivity index (χ0n) is 11.5. The molecule has 2 aliphatic rings. The molecule has 0 aromatic heterocycles. The number of fused-ring (bicyclic) bond motifs is 1. The van der Waals surface area contributed by atoms with E-state index in [2.05, 4.69) is 26.9 Å². The van der Waals surface area contributed by atoms with E-state index in [1.165, 1.54) is 0 Å². The normalized spacial score (nSPS) is 23.0. The predicted octanol–water partition coefficient (Wildman–Crippen LogP) is 3.09. The topological polar surface area (TPSA) is 47.3 Å². The van der Waals surface area contributed by atoms with Gasteiger partial charge in [-0.15, -0.1) is 0 Å². The largest absolute Gasteiger partial charge is 0.292 e. The van der Waals surface area contributed by atoms with Crippen LogP contribution in [0, 0.1) is 11.3 Å². The number of amides is 1. The van der Waals surface area contributed by atoms with E-state index in [4.69, 9.17) is 0 Å². The maximum atomic E-state index is 12.4. The quantitative estimate of drug-likeness (QED) is 0.768. The highest BCUT2D eigenvalue weighted by Gasteiger charge is 2.37. The van der Waals surface area contributed by atoms with Crippen molar-refractivity contribution in [2.45, 2.75) is 12.3 Å². The van der Waals surface area contributed by atoms with Crippen LogP contribution >= 0.6 is 27.7 Å². The lowest BCUT2D eigenvalue weighted by Crippen LogP contribution is -2.45. The Morgan fingerprint density at radius 3 is 2.76 bits per heavy atom. The number of benzene rings is 1. The SMILES string of the molecule is CN1CSC2=C(C#N)C(c3ccc(Br)cc3)CC(=O)N2C1. The molecule has 6 heteroatoms. The van der Waals surface area contributed by atoms with Crippen molar-refractivity contribution in [3.05, 3.63) is 44.9 Å². The summed E-state index contributed by atoms with van der Waals surface area (Å²) in [4.78, 5) is 16.2. The maximum Gasteiger partial charge on any atom is 0.229 e. The molecule has 0 spiro atoms. The predicted molar refractivity (Wildman–Crippen MR) is 86.1 cm³/mol. The number of carbonyl (C=O) groups is 1. The van der Waals surface area contributed by atoms with Gasteiger partial charge in [-0.25, -0.2) is 0 Å². The summed E-state index contributed by atoms with van der Waals surface area (Å²) in [5.74, 6) is 0.769. The second-order valence-corrected chi connectivity index (χ2v) is 7.08. The summed E-state index contributed by atoms with van der Waals surface area (Å²) in [5, 5.41) is 10.4. The first-order valence-electron chi connectivity index (χ1n) is 6.61. The lowest BCUT2D eigenvalue weighted by atomic mass is 9.86. The molecule has 1 aromatic rings. The number of carbonyl (C=O) groups excluding carboxylic acids is 1. The molecule has 0 aliphatic carbocycles. The average Bonchev–Trinajstić information content (AvgIpc) is 2.48. The van der Waals surface area contributed by atoms with Gasteiger partial charge in [-0.05, 0) is 24.7 Å². The molecule has 1 unspecified atom stereocenters. The first-order valence-corrected chi connectivity index (χ1v) is 8.39. The minimum absolute atomic E-state index is 0.0935. The molecule has 1 fully saturated rings. The van der Waals surface area contributed by atoms with Crippen LogP contribution in [0.2, 0.25) is 0 Å². The third kappa shape index (κ3) is 2.73. The standard InChI is InChI=1S/C15H14BrN3OS/c1-18-8-19-14(20)6-12(10-2-4-11(16)5-3-10)13(7-17)15(19)21-9-18/h2-5,12H,6,8-9H2,1H3. The van der Waals surface area contributed by atoms with Gasteiger partial charge in [-0.3, -0.25) is 14.6 Å². The van der Waals surface area contributed by atoms with E-state index in [9.17, 15) is 10.1 Å². The Hall–Kier alpha value is -1.29. The summed E-state index contributed by atoms with van der Waals surface area (Å²) in [5.41, 5.74) is 1.74. The van der Waals surface area contributed by atoms with Crippen molar-refractivity contribution < 1.29 is 4.79 Å². The first kappa shape index (κ1) is 14.6. The van der Waals surface area contributed by atoms with Gasteiger partial charge in [0.15, 0.2) is 0 Å². The lowest BCUT2D eigenvalue weighted by molar-refractivity contribution is -0.131. The zero-order chi connectivity index (χ0) is 15.0. The zero-order valence-corrected chi connectivity index (χ0v) is 13.9. The molecule has 1 aromatic carbocycles. The third-order valence-electron chi connectivity index (χ3n) is 3.70. The smallest absolute Gasteiger partial charge is 0.229 e. The monoisotopic (exact) mass is 363 g/mol. The van der Waals surface area contributed by atoms with Crippen molar-refractivity contribution in [3.63, 3.8) is 0 Å². The van der Waals surface area contributed by atoms with Crippen LogP contribution < -0.4 is 0 Å². The number of nitrogens with zero attached hydrogens (tertiary/aromatic N) is 3. The van der Waals surface area contributed by atoms with Crippen molar-refractivity contribution in [1.82, 2.24) is 9.80 Å². The van der Waals surface area contributed by atoms with E-state index in [0.717, 1.165) is 26.5 Å². The molecule has 3 rings (SSSR count). The van der Waals surface area contributed by atoms with Gasteiger partial charge >= 0.3 is 0 Å². The van der Waals surface area contributed by atoms with Gasteiger partial charge < -0.3 is 0 Å². The first-order chi connectivity index (χ1) is 10.1. The average molecular weight is 364 g/mol. The van der Waals surface area contributed by atoms with Crippen LogP contribution in [0.5, 0.6) is 0 Å². The number of halogens is 1. The van der Waals surface area contributed by atoms with Crippen LogP contribution in [0.15, 0.2) is 39.3 Å². The number of hydrogen-bond acceptors (Lipinski definition) is 4. The van der Waals surface area contributed by atoms with Gasteiger partial charge in [-0.2, -0.15) is 5.26 Å². The second-order valence-electron chi connectivity index (χ2n) is 5.23. The minimum Gasteiger partial charge on any atom is -0.292 e. The number of hydrogen-bond donors (Lipinski definition) is 0. The highest BCUT2D eigenvalue weighted by molar-refractivity contribution is 9.10. The van der Waals surface area contributed by atoms with Crippen molar-refractivity contribution in [2.24, 2.45) is 0 Å². The van der Waals surface area contributed by atoms with Crippen molar-refractivity contribution >= 4 is 33.6 Å². The summed E-state index contributed by atoms with van der Waals surface area (Å²) in [7, 11) is 1.98.